The fourth-order valence-corrected chi connectivity index (χ4v) is 8.94. The van der Waals surface area contributed by atoms with Crippen LogP contribution in [0.5, 0.6) is 0 Å². The summed E-state index contributed by atoms with van der Waals surface area (Å²) < 4.78 is 0. The number of rotatable bonds is 2. The molecule has 3 saturated carbocycles. The normalized spacial score (nSPS) is 47.5. The van der Waals surface area contributed by atoms with Gasteiger partial charge in [0.25, 0.3) is 0 Å². The molecule has 3 fully saturated rings. The van der Waals surface area contributed by atoms with E-state index in [4.69, 9.17) is 0 Å². The molecule has 8 atom stereocenters. The molecule has 1 heterocycles. The summed E-state index contributed by atoms with van der Waals surface area (Å²) in [6.07, 6.45) is 13.2. The maximum Gasteiger partial charge on any atom is 0.124 e. The Hall–Kier alpha value is -0.710. The van der Waals surface area contributed by atoms with Crippen LogP contribution in [-0.4, -0.2) is 21.3 Å². The number of aliphatic hydroxyl groups excluding tert-OH is 1. The topological polar surface area (TPSA) is 53.4 Å². The number of hydrogen-bond donors (Lipinski definition) is 2. The lowest BCUT2D eigenvalue weighted by molar-refractivity contribution is -0.105. The summed E-state index contributed by atoms with van der Waals surface area (Å²) >= 11 is 1.60. The van der Waals surface area contributed by atoms with Gasteiger partial charge < -0.3 is 10.2 Å². The van der Waals surface area contributed by atoms with E-state index in [9.17, 15) is 10.2 Å². The Bertz CT molecular complexity index is 772. The Morgan fingerprint density at radius 1 is 1.14 bits per heavy atom. The Balaban J connectivity index is 1.46. The minimum absolute atomic E-state index is 0.131. The molecule has 1 aromatic heterocycles. The Morgan fingerprint density at radius 2 is 1.96 bits per heavy atom. The molecule has 154 valence electrons. The van der Waals surface area contributed by atoms with Crippen LogP contribution in [-0.2, 0) is 5.60 Å². The summed E-state index contributed by atoms with van der Waals surface area (Å²) in [7, 11) is 0. The summed E-state index contributed by atoms with van der Waals surface area (Å²) in [5.74, 6) is 2.48. The zero-order valence-electron chi connectivity index (χ0n) is 17.5. The first kappa shape index (κ1) is 19.3. The molecular formula is C24H35NO2S. The van der Waals surface area contributed by atoms with Crippen LogP contribution in [0.25, 0.3) is 0 Å². The van der Waals surface area contributed by atoms with Crippen molar-refractivity contribution in [3.05, 3.63) is 28.2 Å². The summed E-state index contributed by atoms with van der Waals surface area (Å²) in [4.78, 5) is 4.49. The Kier molecular flexibility index (Phi) is 4.40. The minimum atomic E-state index is -0.820. The van der Waals surface area contributed by atoms with E-state index in [1.54, 1.807) is 16.9 Å². The molecule has 4 aliphatic carbocycles. The van der Waals surface area contributed by atoms with Crippen molar-refractivity contribution in [2.24, 2.45) is 34.5 Å². The molecule has 0 spiro atoms. The molecule has 0 radical (unpaired) electrons. The van der Waals surface area contributed by atoms with Crippen LogP contribution in [0.15, 0.2) is 23.2 Å². The average Bonchev–Trinajstić information content (AvgIpc) is 3.30. The number of allylic oxidation sites excluding steroid dienone is 1. The van der Waals surface area contributed by atoms with Crippen LogP contribution in [0.4, 0.5) is 0 Å². The zero-order chi connectivity index (χ0) is 19.7. The van der Waals surface area contributed by atoms with Gasteiger partial charge in [-0.15, -0.1) is 11.3 Å². The van der Waals surface area contributed by atoms with E-state index in [1.807, 2.05) is 18.5 Å². The zero-order valence-corrected chi connectivity index (χ0v) is 18.3. The molecule has 3 unspecified atom stereocenters. The standard InChI is InChI=1S/C24H35NO2S/c1-22-10-8-16(26)14-15(22)4-5-17-18-6-7-20(23(18,2)11-9-19(17)22)24(3,27)21-25-12-13-28-21/h4,12-13,16-20,26-27H,5-11,14H2,1-3H3/t16-,17?,18?,19?,20-,22-,23-,24+/m0/s1. The van der Waals surface area contributed by atoms with Gasteiger partial charge in [-0.05, 0) is 92.8 Å². The van der Waals surface area contributed by atoms with E-state index >= 15 is 0 Å². The van der Waals surface area contributed by atoms with Gasteiger partial charge in [-0.1, -0.05) is 25.5 Å². The monoisotopic (exact) mass is 401 g/mol. The number of fused-ring (bicyclic) bond motifs is 5. The number of aromatic nitrogens is 1. The highest BCUT2D eigenvalue weighted by molar-refractivity contribution is 7.09. The summed E-state index contributed by atoms with van der Waals surface area (Å²) in [5, 5.41) is 24.6. The SMILES string of the molecule is C[C@]12CC[C@H](O)CC1=CCC1C2CC[C@@]2(C)C1CC[C@@H]2[C@@](C)(O)c1nccs1. The molecule has 5 rings (SSSR count). The van der Waals surface area contributed by atoms with Gasteiger partial charge in [0.15, 0.2) is 0 Å². The van der Waals surface area contributed by atoms with E-state index < -0.39 is 5.60 Å². The van der Waals surface area contributed by atoms with Gasteiger partial charge in [-0.3, -0.25) is 0 Å². The molecule has 28 heavy (non-hydrogen) atoms. The summed E-state index contributed by atoms with van der Waals surface area (Å²) in [5.41, 5.74) is 1.21. The van der Waals surface area contributed by atoms with Crippen LogP contribution < -0.4 is 0 Å². The van der Waals surface area contributed by atoms with Crippen molar-refractivity contribution < 1.29 is 10.2 Å². The van der Waals surface area contributed by atoms with Crippen molar-refractivity contribution in [2.45, 2.75) is 83.8 Å². The van der Waals surface area contributed by atoms with Crippen molar-refractivity contribution in [2.75, 3.05) is 0 Å². The Labute approximate surface area is 173 Å². The number of thiazole rings is 1. The van der Waals surface area contributed by atoms with Crippen molar-refractivity contribution in [3.8, 4) is 0 Å². The molecule has 2 N–H and O–H groups in total. The Morgan fingerprint density at radius 3 is 2.71 bits per heavy atom. The summed E-state index contributed by atoms with van der Waals surface area (Å²) in [6, 6.07) is 0. The quantitative estimate of drug-likeness (QED) is 0.662. The van der Waals surface area contributed by atoms with Gasteiger partial charge in [-0.25, -0.2) is 4.98 Å². The van der Waals surface area contributed by atoms with Crippen LogP contribution >= 0.6 is 11.3 Å². The first-order valence-electron chi connectivity index (χ1n) is 11.3. The molecule has 0 saturated heterocycles. The van der Waals surface area contributed by atoms with Crippen molar-refractivity contribution in [1.29, 1.82) is 0 Å². The lowest BCUT2D eigenvalue weighted by Crippen LogP contribution is -2.52. The van der Waals surface area contributed by atoms with E-state index in [0.29, 0.717) is 17.3 Å². The van der Waals surface area contributed by atoms with Gasteiger partial charge in [-0.2, -0.15) is 0 Å². The second kappa shape index (κ2) is 6.39. The maximum absolute atomic E-state index is 11.6. The van der Waals surface area contributed by atoms with E-state index in [0.717, 1.165) is 42.5 Å². The number of hydrogen-bond acceptors (Lipinski definition) is 4. The second-order valence-electron chi connectivity index (χ2n) is 10.8. The summed E-state index contributed by atoms with van der Waals surface area (Å²) in [6.45, 7) is 6.97. The molecule has 0 aliphatic heterocycles. The highest BCUT2D eigenvalue weighted by Crippen LogP contribution is 2.68. The molecule has 3 nitrogen and oxygen atoms in total. The van der Waals surface area contributed by atoms with Crippen LogP contribution in [0, 0.1) is 34.5 Å². The lowest BCUT2D eigenvalue weighted by Gasteiger charge is -2.58. The van der Waals surface area contributed by atoms with Crippen molar-refractivity contribution in [1.82, 2.24) is 4.98 Å². The average molecular weight is 402 g/mol. The first-order valence-corrected chi connectivity index (χ1v) is 12.1. The number of nitrogens with zero attached hydrogens (tertiary/aromatic N) is 1. The molecule has 0 bridgehead atoms. The predicted octanol–water partition coefficient (Wildman–Crippen LogP) is 5.29. The molecule has 4 heteroatoms. The third-order valence-corrected chi connectivity index (χ3v) is 10.6. The van der Waals surface area contributed by atoms with Gasteiger partial charge in [0.1, 0.15) is 10.6 Å². The predicted molar refractivity (Wildman–Crippen MR) is 113 cm³/mol. The largest absolute Gasteiger partial charge is 0.393 e. The van der Waals surface area contributed by atoms with Gasteiger partial charge in [0.05, 0.1) is 6.10 Å². The van der Waals surface area contributed by atoms with Crippen LogP contribution in [0.1, 0.15) is 77.1 Å². The molecule has 1 aromatic rings. The van der Waals surface area contributed by atoms with Crippen LogP contribution in [0.3, 0.4) is 0 Å². The van der Waals surface area contributed by atoms with Crippen molar-refractivity contribution in [3.63, 3.8) is 0 Å². The maximum atomic E-state index is 11.6. The van der Waals surface area contributed by atoms with E-state index in [1.165, 1.54) is 25.7 Å². The molecular weight excluding hydrogens is 366 g/mol. The highest BCUT2D eigenvalue weighted by Gasteiger charge is 2.61. The van der Waals surface area contributed by atoms with E-state index in [2.05, 4.69) is 24.9 Å². The first-order chi connectivity index (χ1) is 13.3. The number of aliphatic hydroxyl groups is 2. The minimum Gasteiger partial charge on any atom is -0.393 e. The molecule has 0 amide bonds. The lowest BCUT2D eigenvalue weighted by atomic mass is 9.47. The van der Waals surface area contributed by atoms with Gasteiger partial charge in [0.2, 0.25) is 0 Å². The molecule has 4 aliphatic rings. The van der Waals surface area contributed by atoms with Gasteiger partial charge in [0, 0.05) is 11.6 Å². The smallest absolute Gasteiger partial charge is 0.124 e. The third kappa shape index (κ3) is 2.56. The van der Waals surface area contributed by atoms with Crippen molar-refractivity contribution >= 4 is 11.3 Å². The third-order valence-electron chi connectivity index (χ3n) is 9.62. The van der Waals surface area contributed by atoms with Crippen LogP contribution in [0.2, 0.25) is 0 Å². The second-order valence-corrected chi connectivity index (χ2v) is 11.7. The highest BCUT2D eigenvalue weighted by atomic mass is 32.1. The van der Waals surface area contributed by atoms with E-state index in [-0.39, 0.29) is 11.5 Å². The van der Waals surface area contributed by atoms with Gasteiger partial charge >= 0.3 is 0 Å². The molecule has 0 aromatic carbocycles. The fourth-order valence-electron chi connectivity index (χ4n) is 8.19. The fraction of sp³-hybridized carbons (Fsp3) is 0.792.